The van der Waals surface area contributed by atoms with Crippen molar-refractivity contribution in [2.45, 2.75) is 51.1 Å². The molecule has 0 bridgehead atoms. The first-order chi connectivity index (χ1) is 13.4. The lowest BCUT2D eigenvalue weighted by Gasteiger charge is -2.37. The molecule has 28 heavy (non-hydrogen) atoms. The maximum atomic E-state index is 12.7. The highest BCUT2D eigenvalue weighted by Crippen LogP contribution is 2.34. The zero-order valence-corrected chi connectivity index (χ0v) is 15.9. The van der Waals surface area contributed by atoms with Gasteiger partial charge in [0.05, 0.1) is 6.54 Å². The Kier molecular flexibility index (Phi) is 5.92. The van der Waals surface area contributed by atoms with E-state index in [0.717, 1.165) is 24.8 Å². The molecule has 1 fully saturated rings. The summed E-state index contributed by atoms with van der Waals surface area (Å²) in [6.07, 6.45) is 3.34. The zero-order chi connectivity index (χ0) is 20.1. The first-order valence-corrected chi connectivity index (χ1v) is 9.61. The van der Waals surface area contributed by atoms with Crippen LogP contribution in [-0.2, 0) is 11.3 Å². The number of carboxylic acids is 1. The molecule has 1 aliphatic rings. The van der Waals surface area contributed by atoms with E-state index in [2.05, 4.69) is 17.3 Å². The lowest BCUT2D eigenvalue weighted by atomic mass is 9.75. The topological polar surface area (TPSA) is 101 Å². The number of carbonyl (C=O) groups is 2. The SMILES string of the molecule is CCC1CCC(NC(=O)c2ccc(=O)n(Cc3ccccc3)n2)(C(=O)O)CC1. The molecule has 7 heteroatoms. The van der Waals surface area contributed by atoms with E-state index in [9.17, 15) is 19.5 Å². The quantitative estimate of drug-likeness (QED) is 0.798. The third kappa shape index (κ3) is 4.30. The molecule has 1 saturated carbocycles. The molecule has 3 rings (SSSR count). The number of aliphatic carboxylic acids is 1. The van der Waals surface area contributed by atoms with Crippen LogP contribution in [-0.4, -0.2) is 32.3 Å². The third-order valence-corrected chi connectivity index (χ3v) is 5.57. The van der Waals surface area contributed by atoms with Crippen LogP contribution in [0.5, 0.6) is 0 Å². The van der Waals surface area contributed by atoms with Crippen molar-refractivity contribution in [3.8, 4) is 0 Å². The van der Waals surface area contributed by atoms with E-state index in [4.69, 9.17) is 0 Å². The molecule has 0 atom stereocenters. The first-order valence-electron chi connectivity index (χ1n) is 9.61. The fourth-order valence-electron chi connectivity index (χ4n) is 3.69. The fourth-order valence-corrected chi connectivity index (χ4v) is 3.69. The minimum Gasteiger partial charge on any atom is -0.480 e. The van der Waals surface area contributed by atoms with Crippen molar-refractivity contribution in [1.29, 1.82) is 0 Å². The van der Waals surface area contributed by atoms with Crippen molar-refractivity contribution in [2.24, 2.45) is 5.92 Å². The van der Waals surface area contributed by atoms with Crippen LogP contribution in [0.2, 0.25) is 0 Å². The van der Waals surface area contributed by atoms with Gasteiger partial charge in [0.1, 0.15) is 11.2 Å². The maximum absolute atomic E-state index is 12.7. The molecule has 1 heterocycles. The number of nitrogens with zero attached hydrogens (tertiary/aromatic N) is 2. The van der Waals surface area contributed by atoms with Gasteiger partial charge in [-0.25, -0.2) is 9.48 Å². The number of hydrogen-bond donors (Lipinski definition) is 2. The zero-order valence-electron chi connectivity index (χ0n) is 15.9. The minimum absolute atomic E-state index is 0.0359. The summed E-state index contributed by atoms with van der Waals surface area (Å²) in [4.78, 5) is 36.8. The Morgan fingerprint density at radius 3 is 2.46 bits per heavy atom. The highest BCUT2D eigenvalue weighted by atomic mass is 16.4. The highest BCUT2D eigenvalue weighted by Gasteiger charge is 2.43. The van der Waals surface area contributed by atoms with E-state index >= 15 is 0 Å². The molecule has 1 aliphatic carbocycles. The smallest absolute Gasteiger partial charge is 0.329 e. The molecule has 0 spiro atoms. The summed E-state index contributed by atoms with van der Waals surface area (Å²) in [6.45, 7) is 2.33. The van der Waals surface area contributed by atoms with Crippen molar-refractivity contribution >= 4 is 11.9 Å². The number of aromatic nitrogens is 2. The van der Waals surface area contributed by atoms with Gasteiger partial charge in [-0.3, -0.25) is 9.59 Å². The molecular weight excluding hydrogens is 358 g/mol. The number of amides is 1. The van der Waals surface area contributed by atoms with E-state index in [0.29, 0.717) is 18.8 Å². The highest BCUT2D eigenvalue weighted by molar-refractivity contribution is 5.96. The lowest BCUT2D eigenvalue weighted by molar-refractivity contribution is -0.146. The van der Waals surface area contributed by atoms with E-state index in [1.807, 2.05) is 30.3 Å². The molecule has 1 aromatic heterocycles. The van der Waals surface area contributed by atoms with Gasteiger partial charge in [-0.1, -0.05) is 43.7 Å². The molecule has 2 aromatic rings. The Morgan fingerprint density at radius 2 is 1.86 bits per heavy atom. The van der Waals surface area contributed by atoms with Crippen LogP contribution in [0.15, 0.2) is 47.3 Å². The summed E-state index contributed by atoms with van der Waals surface area (Å²) in [7, 11) is 0. The van der Waals surface area contributed by atoms with E-state index in [1.165, 1.54) is 16.8 Å². The number of carbonyl (C=O) groups excluding carboxylic acids is 1. The standard InChI is InChI=1S/C21H25N3O4/c1-2-15-10-12-21(13-11-15,20(27)28)22-19(26)17-8-9-18(25)24(23-17)14-16-6-4-3-5-7-16/h3-9,15H,2,10-14H2,1H3,(H,22,26)(H,27,28). The van der Waals surface area contributed by atoms with Gasteiger partial charge in [0, 0.05) is 6.07 Å². The second-order valence-corrected chi connectivity index (χ2v) is 7.39. The Morgan fingerprint density at radius 1 is 1.18 bits per heavy atom. The van der Waals surface area contributed by atoms with Crippen molar-refractivity contribution < 1.29 is 14.7 Å². The van der Waals surface area contributed by atoms with Gasteiger partial charge < -0.3 is 10.4 Å². The van der Waals surface area contributed by atoms with Crippen molar-refractivity contribution in [1.82, 2.24) is 15.1 Å². The Bertz CT molecular complexity index is 899. The lowest BCUT2D eigenvalue weighted by Crippen LogP contribution is -2.56. The largest absolute Gasteiger partial charge is 0.480 e. The molecule has 0 saturated heterocycles. The van der Waals surface area contributed by atoms with Gasteiger partial charge in [-0.05, 0) is 43.2 Å². The molecule has 148 valence electrons. The van der Waals surface area contributed by atoms with Gasteiger partial charge in [0.25, 0.3) is 11.5 Å². The van der Waals surface area contributed by atoms with Crippen molar-refractivity contribution in [3.05, 3.63) is 64.1 Å². The Balaban J connectivity index is 1.79. The summed E-state index contributed by atoms with van der Waals surface area (Å²) in [5.74, 6) is -1.09. The van der Waals surface area contributed by atoms with Gasteiger partial charge in [-0.2, -0.15) is 5.10 Å². The first kappa shape index (κ1) is 19.8. The molecule has 0 radical (unpaired) electrons. The minimum atomic E-state index is -1.27. The number of benzene rings is 1. The summed E-state index contributed by atoms with van der Waals surface area (Å²) < 4.78 is 1.21. The summed E-state index contributed by atoms with van der Waals surface area (Å²) in [5.41, 5.74) is -0.676. The molecule has 1 aromatic carbocycles. The molecule has 7 nitrogen and oxygen atoms in total. The number of hydrogen-bond acceptors (Lipinski definition) is 4. The van der Waals surface area contributed by atoms with Crippen molar-refractivity contribution in [3.63, 3.8) is 0 Å². The van der Waals surface area contributed by atoms with Gasteiger partial charge in [-0.15, -0.1) is 0 Å². The van der Waals surface area contributed by atoms with Crippen LogP contribution in [0.1, 0.15) is 55.1 Å². The molecule has 0 unspecified atom stereocenters. The van der Waals surface area contributed by atoms with Gasteiger partial charge >= 0.3 is 5.97 Å². The predicted octanol–water partition coefficient (Wildman–Crippen LogP) is 2.45. The van der Waals surface area contributed by atoms with Crippen LogP contribution in [0.25, 0.3) is 0 Å². The van der Waals surface area contributed by atoms with Gasteiger partial charge in [0.2, 0.25) is 0 Å². The van der Waals surface area contributed by atoms with Gasteiger partial charge in [0.15, 0.2) is 0 Å². The number of rotatable bonds is 6. The predicted molar refractivity (Wildman–Crippen MR) is 104 cm³/mol. The van der Waals surface area contributed by atoms with Crippen LogP contribution in [0.4, 0.5) is 0 Å². The van der Waals surface area contributed by atoms with E-state index in [1.54, 1.807) is 0 Å². The summed E-state index contributed by atoms with van der Waals surface area (Å²) >= 11 is 0. The monoisotopic (exact) mass is 383 g/mol. The number of nitrogens with one attached hydrogen (secondary N) is 1. The average Bonchev–Trinajstić information content (AvgIpc) is 2.70. The average molecular weight is 383 g/mol. The van der Waals surface area contributed by atoms with E-state index in [-0.39, 0.29) is 17.8 Å². The molecule has 2 N–H and O–H groups in total. The normalized spacial score (nSPS) is 21.8. The third-order valence-electron chi connectivity index (χ3n) is 5.57. The number of carboxylic acid groups (broad SMARTS) is 1. The molecule has 0 aliphatic heterocycles. The fraction of sp³-hybridized carbons (Fsp3) is 0.429. The summed E-state index contributed by atoms with van der Waals surface area (Å²) in [5, 5.41) is 16.6. The Labute approximate surface area is 163 Å². The second-order valence-electron chi connectivity index (χ2n) is 7.39. The summed E-state index contributed by atoms with van der Waals surface area (Å²) in [6, 6.07) is 12.0. The van der Waals surface area contributed by atoms with Crippen LogP contribution < -0.4 is 10.9 Å². The van der Waals surface area contributed by atoms with Crippen molar-refractivity contribution in [2.75, 3.05) is 0 Å². The van der Waals surface area contributed by atoms with Crippen LogP contribution in [0.3, 0.4) is 0 Å². The molecule has 1 amide bonds. The Hall–Kier alpha value is -2.96. The maximum Gasteiger partial charge on any atom is 0.329 e. The van der Waals surface area contributed by atoms with Crippen LogP contribution in [0, 0.1) is 5.92 Å². The van der Waals surface area contributed by atoms with E-state index < -0.39 is 17.4 Å². The molecular formula is C21H25N3O4. The second kappa shape index (κ2) is 8.37. The van der Waals surface area contributed by atoms with Crippen LogP contribution >= 0.6 is 0 Å².